The van der Waals surface area contributed by atoms with Crippen LogP contribution in [-0.4, -0.2) is 31.1 Å². The number of hydrogen-bond donors (Lipinski definition) is 2. The van der Waals surface area contributed by atoms with Gasteiger partial charge in [0.05, 0.1) is 23.0 Å². The van der Waals surface area contributed by atoms with Crippen LogP contribution in [-0.2, 0) is 26.0 Å². The second-order valence-corrected chi connectivity index (χ2v) is 34.9. The van der Waals surface area contributed by atoms with Gasteiger partial charge in [-0.25, -0.2) is 24.7 Å². The predicted molar refractivity (Wildman–Crippen MR) is 471 cm³/mol. The molecule has 1 aliphatic carbocycles. The minimum Gasteiger partial charge on any atom is -0.465 e. The average Bonchev–Trinajstić information content (AvgIpc) is 1.11. The van der Waals surface area contributed by atoms with Crippen molar-refractivity contribution in [2.45, 2.75) is 24.8 Å². The molecule has 0 atom stereocenters. The van der Waals surface area contributed by atoms with E-state index in [-0.39, 0.29) is 20.4 Å². The Morgan fingerprint density at radius 1 is 0.321 bits per heavy atom. The van der Waals surface area contributed by atoms with Gasteiger partial charge in [0, 0.05) is 43.9 Å². The zero-order chi connectivity index (χ0) is 75.5. The maximum absolute atomic E-state index is 11.4. The van der Waals surface area contributed by atoms with Crippen LogP contribution in [0.2, 0.25) is 0 Å². The molecule has 1 amide bonds. The standard InChI is InChI=1S/C27H21N5O3.4C18H15P.Pd/c33-26(34)32-27(11-4-12-27)20-9-7-18(8-10-20)24-22(17-5-2-1-3-6-17)23-25(35-24)30-15-21(31-23)19-13-28-16-29-14-19;4*1-4-10-16(11-5-1)19(17-12-6-2-7-13-17)18-14-8-3-9-15-18;/h1-3,5-10,13-16,32H,4,11-12H2,(H,33,34);4*1-15H;. The summed E-state index contributed by atoms with van der Waals surface area (Å²) in [4.78, 5) is 28.9. The number of carboxylic acid groups (broad SMARTS) is 1. The molecule has 1 fully saturated rings. The summed E-state index contributed by atoms with van der Waals surface area (Å²) < 4.78 is 6.25. The fourth-order valence-corrected chi connectivity index (χ4v) is 22.6. The number of nitrogens with one attached hydrogen (secondary N) is 1. The van der Waals surface area contributed by atoms with Gasteiger partial charge in [0.25, 0.3) is 0 Å². The van der Waals surface area contributed by atoms with Gasteiger partial charge >= 0.3 is 6.09 Å². The molecular weight excluding hydrogens is 1540 g/mol. The Hall–Kier alpha value is -11.6. The first-order valence-corrected chi connectivity index (χ1v) is 42.3. The molecule has 14 aromatic carbocycles. The van der Waals surface area contributed by atoms with Crippen LogP contribution in [0.3, 0.4) is 0 Å². The molecule has 0 radical (unpaired) electrons. The topological polar surface area (TPSA) is 114 Å². The molecule has 1 aliphatic rings. The minimum absolute atomic E-state index is 0. The maximum Gasteiger partial charge on any atom is 0.405 e. The van der Waals surface area contributed by atoms with Crippen molar-refractivity contribution in [3.8, 4) is 33.7 Å². The van der Waals surface area contributed by atoms with E-state index in [1.807, 2.05) is 54.6 Å². The molecule has 0 spiro atoms. The van der Waals surface area contributed by atoms with E-state index < -0.39 is 43.3 Å². The number of fused-ring (bicyclic) bond motifs is 1. The third kappa shape index (κ3) is 20.3. The minimum atomic E-state index is -1.01. The molecule has 0 aliphatic heterocycles. The molecule has 2 N–H and O–H groups in total. The van der Waals surface area contributed by atoms with Crippen LogP contribution < -0.4 is 69.0 Å². The first-order chi connectivity index (χ1) is 54.9. The number of amides is 1. The van der Waals surface area contributed by atoms with Crippen LogP contribution in [0.15, 0.2) is 448 Å². The number of nitrogens with zero attached hydrogens (tertiary/aromatic N) is 4. The molecule has 0 unspecified atom stereocenters. The van der Waals surface area contributed by atoms with Crippen molar-refractivity contribution < 1.29 is 34.7 Å². The SMILES string of the molecule is O=C(O)NC1(c2ccc(-c3oc4ncc(-c5cncnc5)nc4c3-c3ccccc3)cc2)CCC1.[Pd].c1ccc(P(c2ccccc2)c2ccccc2)cc1.c1ccc(P(c2ccccc2)c2ccccc2)cc1.c1ccc(P(c2ccccc2)c2ccccc2)cc1.c1ccc(P(c2ccccc2)c2ccccc2)cc1. The van der Waals surface area contributed by atoms with Crippen molar-refractivity contribution in [3.05, 3.63) is 449 Å². The van der Waals surface area contributed by atoms with E-state index in [2.05, 4.69) is 384 Å². The summed E-state index contributed by atoms with van der Waals surface area (Å²) in [6.45, 7) is 0. The largest absolute Gasteiger partial charge is 0.465 e. The second kappa shape index (κ2) is 40.4. The summed E-state index contributed by atoms with van der Waals surface area (Å²) in [5.74, 6) is 0.660. The number of benzene rings is 14. The molecule has 0 saturated heterocycles. The number of aromatic nitrogens is 4. The third-order valence-corrected chi connectivity index (χ3v) is 28.5. The normalized spacial score (nSPS) is 11.7. The third-order valence-electron chi connectivity index (χ3n) is 18.7. The van der Waals surface area contributed by atoms with E-state index >= 15 is 0 Å². The van der Waals surface area contributed by atoms with Crippen LogP contribution in [0.25, 0.3) is 44.9 Å². The molecule has 8 nitrogen and oxygen atoms in total. The van der Waals surface area contributed by atoms with E-state index in [4.69, 9.17) is 9.40 Å². The maximum atomic E-state index is 11.4. The molecule has 112 heavy (non-hydrogen) atoms. The van der Waals surface area contributed by atoms with Gasteiger partial charge in [-0.3, -0.25) is 0 Å². The van der Waals surface area contributed by atoms with Crippen molar-refractivity contribution in [2.24, 2.45) is 0 Å². The average molecular weight is 1620 g/mol. The molecule has 550 valence electrons. The first kappa shape index (κ1) is 78.6. The van der Waals surface area contributed by atoms with E-state index in [9.17, 15) is 9.90 Å². The predicted octanol–water partition coefficient (Wildman–Crippen LogP) is 19.4. The Labute approximate surface area is 675 Å². The molecule has 18 rings (SSSR count). The van der Waals surface area contributed by atoms with Gasteiger partial charge in [-0.15, -0.1) is 0 Å². The Bertz CT molecular complexity index is 4750. The molecule has 0 bridgehead atoms. The molecule has 17 aromatic rings. The Morgan fingerprint density at radius 3 is 0.821 bits per heavy atom. The quantitative estimate of drug-likeness (QED) is 0.0689. The van der Waals surface area contributed by atoms with E-state index in [0.29, 0.717) is 22.7 Å². The van der Waals surface area contributed by atoms with Gasteiger partial charge in [-0.2, -0.15) is 0 Å². The number of furan rings is 1. The monoisotopic (exact) mass is 1620 g/mol. The number of rotatable bonds is 17. The van der Waals surface area contributed by atoms with Crippen molar-refractivity contribution >= 4 is 113 Å². The van der Waals surface area contributed by atoms with Crippen LogP contribution in [0.4, 0.5) is 4.79 Å². The van der Waals surface area contributed by atoms with Crippen LogP contribution in [0.1, 0.15) is 24.8 Å². The number of carbonyl (C=O) groups is 1. The summed E-state index contributed by atoms with van der Waals surface area (Å²) in [5, 5.41) is 28.8. The Morgan fingerprint density at radius 2 is 0.580 bits per heavy atom. The molecule has 3 heterocycles. The van der Waals surface area contributed by atoms with Crippen molar-refractivity contribution in [1.29, 1.82) is 0 Å². The van der Waals surface area contributed by atoms with Gasteiger partial charge in [0.15, 0.2) is 0 Å². The van der Waals surface area contributed by atoms with E-state index in [0.717, 1.165) is 47.1 Å². The molecule has 1 saturated carbocycles. The molecule has 3 aromatic heterocycles. The smallest absolute Gasteiger partial charge is 0.405 e. The van der Waals surface area contributed by atoms with Gasteiger partial charge in [0.1, 0.15) is 17.6 Å². The van der Waals surface area contributed by atoms with Crippen LogP contribution in [0, 0.1) is 0 Å². The van der Waals surface area contributed by atoms with Gasteiger partial charge in [-0.05, 0) is 126 Å². The summed E-state index contributed by atoms with van der Waals surface area (Å²) in [5.41, 5.74) is 5.62. The molecular formula is C99H81N5O3P4Pd. The first-order valence-electron chi connectivity index (χ1n) is 37.0. The van der Waals surface area contributed by atoms with Crippen LogP contribution in [0.5, 0.6) is 0 Å². The summed E-state index contributed by atoms with van der Waals surface area (Å²) >= 11 is 0. The van der Waals surface area contributed by atoms with E-state index in [1.54, 1.807) is 18.6 Å². The molecule has 13 heteroatoms. The number of hydrogen-bond acceptors (Lipinski definition) is 6. The fraction of sp³-hybridized carbons (Fsp3) is 0.0404. The van der Waals surface area contributed by atoms with Gasteiger partial charge < -0.3 is 14.8 Å². The summed E-state index contributed by atoms with van der Waals surface area (Å²) in [7, 11) is -1.78. The van der Waals surface area contributed by atoms with Gasteiger partial charge in [-0.1, -0.05) is 419 Å². The zero-order valence-electron chi connectivity index (χ0n) is 61.4. The van der Waals surface area contributed by atoms with Crippen molar-refractivity contribution in [3.63, 3.8) is 0 Å². The van der Waals surface area contributed by atoms with Crippen molar-refractivity contribution in [1.82, 2.24) is 25.3 Å². The van der Waals surface area contributed by atoms with Crippen LogP contribution >= 0.6 is 31.7 Å². The van der Waals surface area contributed by atoms with E-state index in [1.165, 1.54) is 70.0 Å². The Balaban J connectivity index is 0.000000126. The fourth-order valence-electron chi connectivity index (χ4n) is 13.4. The van der Waals surface area contributed by atoms with Gasteiger partial charge in [0.2, 0.25) is 5.71 Å². The Kier molecular flexibility index (Phi) is 28.3. The zero-order valence-corrected chi connectivity index (χ0v) is 66.6. The second-order valence-electron chi connectivity index (χ2n) is 26.0. The van der Waals surface area contributed by atoms with Crippen molar-refractivity contribution in [2.75, 3.05) is 0 Å². The summed E-state index contributed by atoms with van der Waals surface area (Å²) in [6.07, 6.45) is 8.11. The summed E-state index contributed by atoms with van der Waals surface area (Å²) in [6, 6.07) is 147.